The molecule has 1 atom stereocenters. The first kappa shape index (κ1) is 16.7. The van der Waals surface area contributed by atoms with E-state index in [1.54, 1.807) is 19.2 Å². The second-order valence-electron chi connectivity index (χ2n) is 5.31. The number of hydrogen-bond acceptors (Lipinski definition) is 4. The molecule has 1 unspecified atom stereocenters. The summed E-state index contributed by atoms with van der Waals surface area (Å²) < 4.78 is 28.9. The molecule has 2 heterocycles. The first-order chi connectivity index (χ1) is 10.9. The number of sulfonamides is 1. The second-order valence-corrected chi connectivity index (χ2v) is 7.96. The van der Waals surface area contributed by atoms with E-state index in [0.717, 1.165) is 5.56 Å². The van der Waals surface area contributed by atoms with Crippen molar-refractivity contribution >= 4 is 33.2 Å². The van der Waals surface area contributed by atoms with E-state index >= 15 is 0 Å². The van der Waals surface area contributed by atoms with Crippen LogP contribution in [0.4, 0.5) is 0 Å². The van der Waals surface area contributed by atoms with Gasteiger partial charge in [-0.2, -0.15) is 9.40 Å². The highest BCUT2D eigenvalue weighted by Crippen LogP contribution is 2.32. The van der Waals surface area contributed by atoms with Crippen LogP contribution >= 0.6 is 23.2 Å². The zero-order valence-electron chi connectivity index (χ0n) is 12.4. The molecule has 1 saturated heterocycles. The summed E-state index contributed by atoms with van der Waals surface area (Å²) in [4.78, 5) is 0. The molecule has 3 rings (SSSR count). The van der Waals surface area contributed by atoms with Gasteiger partial charge in [-0.1, -0.05) is 35.3 Å². The SMILES string of the molecule is Cn1ncc(Cl)c1S(=O)(=O)N1CCNCC1c1cccc(Cl)c1. The van der Waals surface area contributed by atoms with E-state index in [1.807, 2.05) is 12.1 Å². The zero-order valence-corrected chi connectivity index (χ0v) is 14.7. The Kier molecular flexibility index (Phi) is 4.66. The summed E-state index contributed by atoms with van der Waals surface area (Å²) in [5.41, 5.74) is 0.839. The number of benzene rings is 1. The average molecular weight is 375 g/mol. The highest BCUT2D eigenvalue weighted by molar-refractivity contribution is 7.89. The maximum Gasteiger partial charge on any atom is 0.262 e. The van der Waals surface area contributed by atoms with Crippen LogP contribution in [0.3, 0.4) is 0 Å². The lowest BCUT2D eigenvalue weighted by Crippen LogP contribution is -2.49. The van der Waals surface area contributed by atoms with Crippen molar-refractivity contribution in [2.45, 2.75) is 11.1 Å². The highest BCUT2D eigenvalue weighted by atomic mass is 35.5. The largest absolute Gasteiger partial charge is 0.313 e. The normalized spacial score (nSPS) is 19.9. The minimum atomic E-state index is -3.77. The summed E-state index contributed by atoms with van der Waals surface area (Å²) in [6.45, 7) is 1.43. The topological polar surface area (TPSA) is 67.2 Å². The molecule has 1 aromatic carbocycles. The zero-order chi connectivity index (χ0) is 16.6. The van der Waals surface area contributed by atoms with Gasteiger partial charge in [0.15, 0.2) is 5.03 Å². The third kappa shape index (κ3) is 3.12. The number of rotatable bonds is 3. The number of aromatic nitrogens is 2. The quantitative estimate of drug-likeness (QED) is 0.892. The smallest absolute Gasteiger partial charge is 0.262 e. The van der Waals surface area contributed by atoms with Gasteiger partial charge in [-0.25, -0.2) is 8.42 Å². The maximum absolute atomic E-state index is 13.1. The predicted octanol–water partition coefficient (Wildman–Crippen LogP) is 2.06. The second kappa shape index (κ2) is 6.41. The van der Waals surface area contributed by atoms with Gasteiger partial charge < -0.3 is 5.32 Å². The van der Waals surface area contributed by atoms with Crippen LogP contribution in [0.5, 0.6) is 0 Å². The van der Waals surface area contributed by atoms with Gasteiger partial charge >= 0.3 is 0 Å². The van der Waals surface area contributed by atoms with Gasteiger partial charge in [-0.15, -0.1) is 0 Å². The molecule has 1 aliphatic rings. The lowest BCUT2D eigenvalue weighted by Gasteiger charge is -2.35. The van der Waals surface area contributed by atoms with Crippen LogP contribution in [0, 0.1) is 0 Å². The lowest BCUT2D eigenvalue weighted by atomic mass is 10.1. The Morgan fingerprint density at radius 2 is 2.13 bits per heavy atom. The van der Waals surface area contributed by atoms with Crippen molar-refractivity contribution in [3.63, 3.8) is 0 Å². The van der Waals surface area contributed by atoms with E-state index in [-0.39, 0.29) is 16.1 Å². The first-order valence-corrected chi connectivity index (χ1v) is 9.26. The number of piperazine rings is 1. The number of nitrogens with zero attached hydrogens (tertiary/aromatic N) is 3. The van der Waals surface area contributed by atoms with Gasteiger partial charge in [0.25, 0.3) is 10.0 Å². The van der Waals surface area contributed by atoms with Gasteiger partial charge in [0.05, 0.1) is 17.3 Å². The fraction of sp³-hybridized carbons (Fsp3) is 0.357. The van der Waals surface area contributed by atoms with Crippen LogP contribution < -0.4 is 5.32 Å². The molecule has 124 valence electrons. The third-order valence-corrected chi connectivity index (χ3v) is 6.47. The van der Waals surface area contributed by atoms with E-state index in [4.69, 9.17) is 23.2 Å². The molecular weight excluding hydrogens is 359 g/mol. The Morgan fingerprint density at radius 3 is 2.78 bits per heavy atom. The molecule has 1 aromatic heterocycles. The molecule has 0 bridgehead atoms. The molecular formula is C14H16Cl2N4O2S. The molecule has 23 heavy (non-hydrogen) atoms. The molecule has 0 aliphatic carbocycles. The summed E-state index contributed by atoms with van der Waals surface area (Å²) in [6, 6.07) is 6.88. The fourth-order valence-corrected chi connectivity index (χ4v) is 5.19. The predicted molar refractivity (Wildman–Crippen MR) is 89.2 cm³/mol. The lowest BCUT2D eigenvalue weighted by molar-refractivity contribution is 0.270. The van der Waals surface area contributed by atoms with Crippen LogP contribution in [-0.4, -0.2) is 42.1 Å². The summed E-state index contributed by atoms with van der Waals surface area (Å²) in [7, 11) is -2.21. The van der Waals surface area contributed by atoms with Crippen LogP contribution in [0.2, 0.25) is 10.0 Å². The van der Waals surface area contributed by atoms with E-state index in [9.17, 15) is 8.42 Å². The van der Waals surface area contributed by atoms with E-state index in [2.05, 4.69) is 10.4 Å². The van der Waals surface area contributed by atoms with E-state index < -0.39 is 10.0 Å². The van der Waals surface area contributed by atoms with Crippen molar-refractivity contribution < 1.29 is 8.42 Å². The monoisotopic (exact) mass is 374 g/mol. The molecule has 1 aliphatic heterocycles. The van der Waals surface area contributed by atoms with Crippen molar-refractivity contribution in [2.75, 3.05) is 19.6 Å². The number of halogens is 2. The van der Waals surface area contributed by atoms with Crippen molar-refractivity contribution in [1.29, 1.82) is 0 Å². The Morgan fingerprint density at radius 1 is 1.35 bits per heavy atom. The summed E-state index contributed by atoms with van der Waals surface area (Å²) in [5.74, 6) is 0. The Bertz CT molecular complexity index is 802. The number of hydrogen-bond donors (Lipinski definition) is 1. The van der Waals surface area contributed by atoms with Crippen molar-refractivity contribution in [3.05, 3.63) is 46.1 Å². The molecule has 2 aromatic rings. The van der Waals surface area contributed by atoms with Crippen molar-refractivity contribution in [3.8, 4) is 0 Å². The first-order valence-electron chi connectivity index (χ1n) is 7.07. The summed E-state index contributed by atoms with van der Waals surface area (Å²) in [5, 5.41) is 7.86. The average Bonchev–Trinajstić information content (AvgIpc) is 2.87. The van der Waals surface area contributed by atoms with Gasteiger partial charge in [0.1, 0.15) is 0 Å². The molecule has 0 saturated carbocycles. The molecule has 0 amide bonds. The standard InChI is InChI=1S/C14H16Cl2N4O2S/c1-19-14(12(16)8-18-19)23(21,22)20-6-5-17-9-13(20)10-3-2-4-11(15)7-10/h2-4,7-8,13,17H,5-6,9H2,1H3. The molecule has 9 heteroatoms. The highest BCUT2D eigenvalue weighted by Gasteiger charge is 2.37. The minimum absolute atomic E-state index is 0.00750. The Balaban J connectivity index is 2.05. The number of aryl methyl sites for hydroxylation is 1. The molecule has 0 radical (unpaired) electrons. The molecule has 6 nitrogen and oxygen atoms in total. The molecule has 1 N–H and O–H groups in total. The van der Waals surface area contributed by atoms with Gasteiger partial charge in [-0.05, 0) is 17.7 Å². The van der Waals surface area contributed by atoms with Crippen LogP contribution in [0.15, 0.2) is 35.5 Å². The molecule has 1 fully saturated rings. The number of nitrogens with one attached hydrogen (secondary N) is 1. The fourth-order valence-electron chi connectivity index (χ4n) is 2.77. The van der Waals surface area contributed by atoms with Crippen molar-refractivity contribution in [2.24, 2.45) is 7.05 Å². The van der Waals surface area contributed by atoms with Crippen molar-refractivity contribution in [1.82, 2.24) is 19.4 Å². The maximum atomic E-state index is 13.1. The minimum Gasteiger partial charge on any atom is -0.313 e. The molecule has 0 spiro atoms. The summed E-state index contributed by atoms with van der Waals surface area (Å²) in [6.07, 6.45) is 1.34. The van der Waals surface area contributed by atoms with E-state index in [1.165, 1.54) is 15.2 Å². The Labute approximate surface area is 145 Å². The van der Waals surface area contributed by atoms with Gasteiger partial charge in [0.2, 0.25) is 0 Å². The summed E-state index contributed by atoms with van der Waals surface area (Å²) >= 11 is 12.1. The van der Waals surface area contributed by atoms with E-state index in [0.29, 0.717) is 24.7 Å². The van der Waals surface area contributed by atoms with Gasteiger partial charge in [-0.3, -0.25) is 4.68 Å². The van der Waals surface area contributed by atoms with Crippen LogP contribution in [0.1, 0.15) is 11.6 Å². The van der Waals surface area contributed by atoms with Gasteiger partial charge in [0, 0.05) is 31.7 Å². The van der Waals surface area contributed by atoms with Crippen LogP contribution in [0.25, 0.3) is 0 Å². The third-order valence-electron chi connectivity index (χ3n) is 3.82. The van der Waals surface area contributed by atoms with Crippen LogP contribution in [-0.2, 0) is 17.1 Å². The Hall–Kier alpha value is -1.12.